The summed E-state index contributed by atoms with van der Waals surface area (Å²) in [6.45, 7) is 14.2. The Morgan fingerprint density at radius 1 is 0.929 bits per heavy atom. The molecule has 0 atom stereocenters. The summed E-state index contributed by atoms with van der Waals surface area (Å²) >= 11 is 6.10. The molecule has 1 aliphatic rings. The van der Waals surface area contributed by atoms with Gasteiger partial charge in [-0.05, 0) is 39.3 Å². The Labute approximate surface area is 97.7 Å². The lowest BCUT2D eigenvalue weighted by molar-refractivity contribution is 0.851. The Morgan fingerprint density at radius 3 is 1.57 bits per heavy atom. The predicted molar refractivity (Wildman–Crippen MR) is 72.2 cm³/mol. The molecule has 0 aromatic rings. The van der Waals surface area contributed by atoms with Crippen LogP contribution in [-0.4, -0.2) is 38.1 Å². The van der Waals surface area contributed by atoms with Crippen LogP contribution >= 0.6 is 11.1 Å². The molecular formula is C6H20ClN3Si4. The van der Waals surface area contributed by atoms with Crippen molar-refractivity contribution in [1.82, 2.24) is 13.2 Å². The van der Waals surface area contributed by atoms with E-state index in [2.05, 4.69) is 52.5 Å². The fourth-order valence-corrected chi connectivity index (χ4v) is 29.6. The van der Waals surface area contributed by atoms with Crippen molar-refractivity contribution in [3.63, 3.8) is 0 Å². The zero-order valence-corrected chi connectivity index (χ0v) is 14.6. The van der Waals surface area contributed by atoms with Crippen LogP contribution in [0.5, 0.6) is 0 Å². The number of rotatable bonds is 1. The smallest absolute Gasteiger partial charge is 0.260 e. The summed E-state index contributed by atoms with van der Waals surface area (Å²) in [5.41, 5.74) is 0. The number of nitrogens with one attached hydrogen (secondary N) is 2. The highest BCUT2D eigenvalue weighted by molar-refractivity contribution is 7.13. The molecule has 0 aliphatic carbocycles. The summed E-state index contributed by atoms with van der Waals surface area (Å²) in [7, 11) is -3.91. The summed E-state index contributed by atoms with van der Waals surface area (Å²) < 4.78 is 10.2. The van der Waals surface area contributed by atoms with E-state index in [-0.39, 0.29) is 0 Å². The van der Waals surface area contributed by atoms with Gasteiger partial charge in [-0.2, -0.15) is 0 Å². The van der Waals surface area contributed by atoms with Crippen molar-refractivity contribution < 1.29 is 0 Å². The van der Waals surface area contributed by atoms with Crippen LogP contribution in [0.15, 0.2) is 0 Å². The van der Waals surface area contributed by atoms with Crippen molar-refractivity contribution in [1.29, 1.82) is 0 Å². The summed E-state index contributed by atoms with van der Waals surface area (Å²) in [5.74, 6) is 0. The van der Waals surface area contributed by atoms with Crippen molar-refractivity contribution in [2.45, 2.75) is 39.3 Å². The van der Waals surface area contributed by atoms with E-state index in [1.165, 1.54) is 0 Å². The lowest BCUT2D eigenvalue weighted by Crippen LogP contribution is -2.88. The van der Waals surface area contributed by atoms with Crippen molar-refractivity contribution in [2.24, 2.45) is 0 Å². The third-order valence-electron chi connectivity index (χ3n) is 2.44. The SMILES string of the molecule is C[Si]1(C)N[Si](C)(C)N([Si]Cl)[Si](C)(C)N1. The Hall–Kier alpha value is 1.04. The first kappa shape index (κ1) is 13.1. The van der Waals surface area contributed by atoms with Gasteiger partial charge < -0.3 is 13.2 Å². The molecule has 14 heavy (non-hydrogen) atoms. The molecule has 0 saturated carbocycles. The van der Waals surface area contributed by atoms with E-state index in [0.29, 0.717) is 8.99 Å². The molecule has 1 fully saturated rings. The van der Waals surface area contributed by atoms with E-state index in [1.54, 1.807) is 0 Å². The number of hydrogen-bond donors (Lipinski definition) is 2. The van der Waals surface area contributed by atoms with Crippen LogP contribution in [0.3, 0.4) is 0 Å². The van der Waals surface area contributed by atoms with Crippen LogP contribution < -0.4 is 9.30 Å². The van der Waals surface area contributed by atoms with Crippen molar-refractivity contribution >= 4 is 45.3 Å². The zero-order chi connectivity index (χ0) is 11.2. The van der Waals surface area contributed by atoms with Gasteiger partial charge in [0, 0.05) is 0 Å². The lowest BCUT2D eigenvalue weighted by Gasteiger charge is -2.56. The summed E-state index contributed by atoms with van der Waals surface area (Å²) in [5, 5.41) is 0. The van der Waals surface area contributed by atoms with E-state index in [0.717, 1.165) is 0 Å². The third-order valence-corrected chi connectivity index (χ3v) is 23.5. The maximum absolute atomic E-state index is 6.10. The van der Waals surface area contributed by atoms with Crippen molar-refractivity contribution in [3.05, 3.63) is 0 Å². The van der Waals surface area contributed by atoms with E-state index in [1.807, 2.05) is 0 Å². The second-order valence-corrected chi connectivity index (χ2v) is 20.3. The fraction of sp³-hybridized carbons (Fsp3) is 1.00. The minimum atomic E-state index is -1.47. The number of halogens is 1. The molecule has 1 rings (SSSR count). The minimum Gasteiger partial charge on any atom is -0.337 e. The second kappa shape index (κ2) is 3.81. The predicted octanol–water partition coefficient (Wildman–Crippen LogP) is 1.36. The molecule has 2 N–H and O–H groups in total. The van der Waals surface area contributed by atoms with Gasteiger partial charge in [0.15, 0.2) is 25.2 Å². The van der Waals surface area contributed by atoms with Gasteiger partial charge in [-0.15, -0.1) is 11.1 Å². The van der Waals surface area contributed by atoms with Gasteiger partial charge in [-0.3, -0.25) is 0 Å². The van der Waals surface area contributed by atoms with Gasteiger partial charge in [0.1, 0.15) is 0 Å². The zero-order valence-electron chi connectivity index (χ0n) is 9.83. The average Bonchev–Trinajstić information content (AvgIpc) is 1.76. The van der Waals surface area contributed by atoms with Crippen LogP contribution in [-0.2, 0) is 0 Å². The maximum Gasteiger partial charge on any atom is 0.260 e. The number of hydrogen-bond acceptors (Lipinski definition) is 3. The van der Waals surface area contributed by atoms with Crippen molar-refractivity contribution in [2.75, 3.05) is 0 Å². The first-order valence-electron chi connectivity index (χ1n) is 4.86. The van der Waals surface area contributed by atoms with Gasteiger partial charge in [0.25, 0.3) is 8.99 Å². The molecule has 0 spiro atoms. The van der Waals surface area contributed by atoms with E-state index in [9.17, 15) is 0 Å². The standard InChI is InChI=1S/C6H20ClN3Si4/c1-12(2)8-13(3,4)10(11-7)14(5,6)9-12/h8-9H,1-6H3. The highest BCUT2D eigenvalue weighted by Gasteiger charge is 2.50. The van der Waals surface area contributed by atoms with E-state index < -0.39 is 25.2 Å². The normalized spacial score (nSPS) is 30.2. The first-order valence-corrected chi connectivity index (χ1v) is 15.7. The highest BCUT2D eigenvalue weighted by Crippen LogP contribution is 2.22. The molecule has 1 saturated heterocycles. The molecule has 1 aliphatic heterocycles. The second-order valence-electron chi connectivity index (χ2n) is 5.41. The molecule has 0 unspecified atom stereocenters. The fourth-order valence-electron chi connectivity index (χ4n) is 2.58. The van der Waals surface area contributed by atoms with Crippen LogP contribution in [0.2, 0.25) is 39.3 Å². The summed E-state index contributed by atoms with van der Waals surface area (Å²) in [6, 6.07) is 0. The highest BCUT2D eigenvalue weighted by atomic mass is 35.6. The molecular weight excluding hydrogens is 262 g/mol. The Balaban J connectivity index is 2.99. The summed E-state index contributed by atoms with van der Waals surface area (Å²) in [4.78, 5) is 0. The van der Waals surface area contributed by atoms with Gasteiger partial charge in [0.2, 0.25) is 0 Å². The van der Waals surface area contributed by atoms with Crippen LogP contribution in [0.4, 0.5) is 0 Å². The van der Waals surface area contributed by atoms with Gasteiger partial charge in [-0.1, -0.05) is 0 Å². The molecule has 82 valence electrons. The topological polar surface area (TPSA) is 27.3 Å². The largest absolute Gasteiger partial charge is 0.337 e. The van der Waals surface area contributed by atoms with Crippen molar-refractivity contribution in [3.8, 4) is 0 Å². The molecule has 0 bridgehead atoms. The average molecular weight is 282 g/mol. The van der Waals surface area contributed by atoms with E-state index in [4.69, 9.17) is 11.1 Å². The molecule has 2 radical (unpaired) electrons. The minimum absolute atomic E-state index is 0.412. The van der Waals surface area contributed by atoms with Crippen LogP contribution in [0, 0.1) is 0 Å². The molecule has 1 heterocycles. The Morgan fingerprint density at radius 2 is 1.29 bits per heavy atom. The number of nitrogens with zero attached hydrogens (tertiary/aromatic N) is 1. The van der Waals surface area contributed by atoms with Crippen LogP contribution in [0.25, 0.3) is 0 Å². The lowest BCUT2D eigenvalue weighted by atomic mass is 11.9. The maximum atomic E-state index is 6.10. The summed E-state index contributed by atoms with van der Waals surface area (Å²) in [6.07, 6.45) is 0. The molecule has 3 nitrogen and oxygen atoms in total. The van der Waals surface area contributed by atoms with Gasteiger partial charge in [0.05, 0.1) is 0 Å². The Bertz CT molecular complexity index is 213. The molecule has 0 aromatic carbocycles. The van der Waals surface area contributed by atoms with E-state index >= 15 is 0 Å². The first-order chi connectivity index (χ1) is 6.11. The monoisotopic (exact) mass is 281 g/mol. The third kappa shape index (κ3) is 2.58. The quantitative estimate of drug-likeness (QED) is 0.561. The van der Waals surface area contributed by atoms with Crippen LogP contribution in [0.1, 0.15) is 0 Å². The molecule has 0 amide bonds. The molecule has 8 heteroatoms. The Kier molecular flexibility index (Phi) is 3.56. The molecule has 0 aromatic heterocycles. The van der Waals surface area contributed by atoms with Gasteiger partial charge in [-0.25, -0.2) is 0 Å². The van der Waals surface area contributed by atoms with Gasteiger partial charge >= 0.3 is 0 Å².